The summed E-state index contributed by atoms with van der Waals surface area (Å²) >= 11 is 0. The Kier molecular flexibility index (Phi) is 4.71. The Balaban J connectivity index is 1.68. The van der Waals surface area contributed by atoms with Crippen LogP contribution in [0.15, 0.2) is 30.3 Å². The van der Waals surface area contributed by atoms with Crippen LogP contribution in [0.3, 0.4) is 0 Å². The first-order valence-corrected chi connectivity index (χ1v) is 7.76. The summed E-state index contributed by atoms with van der Waals surface area (Å²) in [7, 11) is 0. The number of halogens is 1. The van der Waals surface area contributed by atoms with Gasteiger partial charge in [0.15, 0.2) is 0 Å². The molecule has 24 heavy (non-hydrogen) atoms. The minimum absolute atomic E-state index is 0.0198. The molecule has 1 fully saturated rings. The van der Waals surface area contributed by atoms with Gasteiger partial charge in [-0.1, -0.05) is 12.1 Å². The molecule has 126 valence electrons. The van der Waals surface area contributed by atoms with E-state index in [2.05, 4.69) is 9.97 Å². The van der Waals surface area contributed by atoms with Crippen LogP contribution in [-0.4, -0.2) is 40.5 Å². The summed E-state index contributed by atoms with van der Waals surface area (Å²) in [5, 5.41) is 0. The number of aryl methyl sites for hydroxylation is 1. The van der Waals surface area contributed by atoms with E-state index in [1.165, 1.54) is 12.1 Å². The van der Waals surface area contributed by atoms with Gasteiger partial charge in [0, 0.05) is 12.6 Å². The Morgan fingerprint density at radius 3 is 2.83 bits per heavy atom. The topological polar surface area (TPSA) is 81.3 Å². The zero-order chi connectivity index (χ0) is 17.1. The number of ether oxygens (including phenoxy) is 1. The highest BCUT2D eigenvalue weighted by Gasteiger charge is 2.26. The molecule has 1 aliphatic rings. The number of rotatable bonds is 3. The summed E-state index contributed by atoms with van der Waals surface area (Å²) in [6, 6.07) is 7.64. The first-order valence-electron chi connectivity index (χ1n) is 7.76. The number of morpholine rings is 1. The molecule has 1 aromatic carbocycles. The number of nitrogens with zero attached hydrogens (tertiary/aromatic N) is 3. The van der Waals surface area contributed by atoms with E-state index in [1.807, 2.05) is 0 Å². The maximum absolute atomic E-state index is 12.9. The maximum Gasteiger partial charge on any atom is 0.227 e. The first kappa shape index (κ1) is 16.3. The highest BCUT2D eigenvalue weighted by atomic mass is 19.1. The normalized spacial score (nSPS) is 17.8. The van der Waals surface area contributed by atoms with Crippen LogP contribution >= 0.6 is 0 Å². The standard InChI is InChI=1S/C17H19FN4O2/c1-11-20-14(9-16(19)21-11)15-10-22(6-7-24-15)17(23)8-12-2-4-13(18)5-3-12/h2-5,9,15H,6-8,10H2,1H3,(H2,19,20,21)/t15-/m0/s1. The van der Waals surface area contributed by atoms with Crippen molar-refractivity contribution in [3.8, 4) is 0 Å². The van der Waals surface area contributed by atoms with Gasteiger partial charge in [-0.3, -0.25) is 4.79 Å². The molecule has 2 heterocycles. The molecular weight excluding hydrogens is 311 g/mol. The third-order valence-electron chi connectivity index (χ3n) is 3.90. The van der Waals surface area contributed by atoms with E-state index in [0.717, 1.165) is 5.56 Å². The monoisotopic (exact) mass is 330 g/mol. The number of carbonyl (C=O) groups excluding carboxylic acids is 1. The predicted octanol–water partition coefficient (Wildman–Crippen LogP) is 1.65. The molecule has 0 saturated carbocycles. The predicted molar refractivity (Wildman–Crippen MR) is 86.6 cm³/mol. The minimum atomic E-state index is -0.320. The van der Waals surface area contributed by atoms with E-state index < -0.39 is 0 Å². The minimum Gasteiger partial charge on any atom is -0.384 e. The number of nitrogens with two attached hydrogens (primary N) is 1. The third kappa shape index (κ3) is 3.86. The SMILES string of the molecule is Cc1nc(N)cc([C@@H]2CN(C(=O)Cc3ccc(F)cc3)CCO2)n1. The summed E-state index contributed by atoms with van der Waals surface area (Å²) in [4.78, 5) is 22.6. The number of hydrogen-bond acceptors (Lipinski definition) is 5. The van der Waals surface area contributed by atoms with Gasteiger partial charge in [0.2, 0.25) is 5.91 Å². The van der Waals surface area contributed by atoms with Gasteiger partial charge in [-0.25, -0.2) is 14.4 Å². The zero-order valence-electron chi connectivity index (χ0n) is 13.4. The van der Waals surface area contributed by atoms with Gasteiger partial charge < -0.3 is 15.4 Å². The molecule has 1 saturated heterocycles. The fourth-order valence-corrected chi connectivity index (χ4v) is 2.72. The van der Waals surface area contributed by atoms with Gasteiger partial charge in [0.05, 0.1) is 25.3 Å². The lowest BCUT2D eigenvalue weighted by atomic mass is 10.1. The number of benzene rings is 1. The molecule has 2 N–H and O–H groups in total. The number of hydrogen-bond donors (Lipinski definition) is 1. The van der Waals surface area contributed by atoms with Crippen molar-refractivity contribution in [3.05, 3.63) is 53.2 Å². The van der Waals surface area contributed by atoms with Gasteiger partial charge in [-0.15, -0.1) is 0 Å². The van der Waals surface area contributed by atoms with E-state index >= 15 is 0 Å². The number of carbonyl (C=O) groups is 1. The van der Waals surface area contributed by atoms with Gasteiger partial charge in [-0.05, 0) is 24.6 Å². The van der Waals surface area contributed by atoms with E-state index in [0.29, 0.717) is 37.0 Å². The highest BCUT2D eigenvalue weighted by molar-refractivity contribution is 5.78. The van der Waals surface area contributed by atoms with Crippen LogP contribution in [0, 0.1) is 12.7 Å². The molecule has 1 amide bonds. The second-order valence-corrected chi connectivity index (χ2v) is 5.77. The van der Waals surface area contributed by atoms with Crippen LogP contribution < -0.4 is 5.73 Å². The summed E-state index contributed by atoms with van der Waals surface area (Å²) in [6.45, 7) is 3.13. The Hall–Kier alpha value is -2.54. The Bertz CT molecular complexity index is 716. The van der Waals surface area contributed by atoms with Crippen LogP contribution in [0.1, 0.15) is 23.2 Å². The van der Waals surface area contributed by atoms with Crippen molar-refractivity contribution in [3.63, 3.8) is 0 Å². The van der Waals surface area contributed by atoms with E-state index in [9.17, 15) is 9.18 Å². The summed E-state index contributed by atoms with van der Waals surface area (Å²) in [6.07, 6.45) is -0.0855. The number of amides is 1. The highest BCUT2D eigenvalue weighted by Crippen LogP contribution is 2.22. The molecule has 0 spiro atoms. The van der Waals surface area contributed by atoms with Gasteiger partial charge in [0.25, 0.3) is 0 Å². The third-order valence-corrected chi connectivity index (χ3v) is 3.90. The molecule has 7 heteroatoms. The average Bonchev–Trinajstić information content (AvgIpc) is 2.56. The van der Waals surface area contributed by atoms with Crippen molar-refractivity contribution in [2.45, 2.75) is 19.4 Å². The van der Waals surface area contributed by atoms with Crippen molar-refractivity contribution in [2.24, 2.45) is 0 Å². The lowest BCUT2D eigenvalue weighted by Crippen LogP contribution is -2.43. The van der Waals surface area contributed by atoms with E-state index in [1.54, 1.807) is 30.0 Å². The van der Waals surface area contributed by atoms with Crippen molar-refractivity contribution in [2.75, 3.05) is 25.4 Å². The number of nitrogen functional groups attached to an aromatic ring is 1. The van der Waals surface area contributed by atoms with Crippen LogP contribution in [0.4, 0.5) is 10.2 Å². The summed E-state index contributed by atoms with van der Waals surface area (Å²) < 4.78 is 18.7. The molecule has 3 rings (SSSR count). The van der Waals surface area contributed by atoms with Crippen LogP contribution in [0.2, 0.25) is 0 Å². The van der Waals surface area contributed by atoms with Crippen LogP contribution in [0.5, 0.6) is 0 Å². The molecule has 1 aromatic heterocycles. The molecule has 1 atom stereocenters. The molecule has 0 bridgehead atoms. The molecule has 1 aliphatic heterocycles. The smallest absolute Gasteiger partial charge is 0.227 e. The van der Waals surface area contributed by atoms with Gasteiger partial charge in [0.1, 0.15) is 23.6 Å². The van der Waals surface area contributed by atoms with Crippen molar-refractivity contribution >= 4 is 11.7 Å². The molecule has 0 unspecified atom stereocenters. The number of aromatic nitrogens is 2. The Labute approximate surface area is 139 Å². The fourth-order valence-electron chi connectivity index (χ4n) is 2.72. The second kappa shape index (κ2) is 6.92. The molecule has 0 radical (unpaired) electrons. The lowest BCUT2D eigenvalue weighted by molar-refractivity contribution is -0.138. The fraction of sp³-hybridized carbons (Fsp3) is 0.353. The van der Waals surface area contributed by atoms with Crippen molar-refractivity contribution < 1.29 is 13.9 Å². The van der Waals surface area contributed by atoms with Crippen LogP contribution in [-0.2, 0) is 16.0 Å². The van der Waals surface area contributed by atoms with Gasteiger partial charge in [-0.2, -0.15) is 0 Å². The summed E-state index contributed by atoms with van der Waals surface area (Å²) in [5.74, 6) is 0.627. The van der Waals surface area contributed by atoms with Crippen molar-refractivity contribution in [1.29, 1.82) is 0 Å². The molecular formula is C17H19FN4O2. The van der Waals surface area contributed by atoms with E-state index in [-0.39, 0.29) is 24.2 Å². The lowest BCUT2D eigenvalue weighted by Gasteiger charge is -2.33. The average molecular weight is 330 g/mol. The largest absolute Gasteiger partial charge is 0.384 e. The Morgan fingerprint density at radius 2 is 2.12 bits per heavy atom. The van der Waals surface area contributed by atoms with Crippen LogP contribution in [0.25, 0.3) is 0 Å². The molecule has 6 nitrogen and oxygen atoms in total. The molecule has 2 aromatic rings. The Morgan fingerprint density at radius 1 is 1.38 bits per heavy atom. The van der Waals surface area contributed by atoms with Gasteiger partial charge >= 0.3 is 0 Å². The van der Waals surface area contributed by atoms with E-state index in [4.69, 9.17) is 10.5 Å². The first-order chi connectivity index (χ1) is 11.5. The summed E-state index contributed by atoms with van der Waals surface area (Å²) in [5.41, 5.74) is 7.22. The molecule has 0 aliphatic carbocycles. The zero-order valence-corrected chi connectivity index (χ0v) is 13.4. The quantitative estimate of drug-likeness (QED) is 0.925. The van der Waals surface area contributed by atoms with Crippen molar-refractivity contribution in [1.82, 2.24) is 14.9 Å². The number of anilines is 1. The maximum atomic E-state index is 12.9. The second-order valence-electron chi connectivity index (χ2n) is 5.77.